The molecule has 0 aliphatic carbocycles. The first-order chi connectivity index (χ1) is 8.33. The van der Waals surface area contributed by atoms with E-state index in [-0.39, 0.29) is 0 Å². The van der Waals surface area contributed by atoms with Crippen molar-refractivity contribution in [2.75, 3.05) is 53.2 Å². The van der Waals surface area contributed by atoms with Crippen LogP contribution in [-0.4, -0.2) is 64.4 Å². The molecule has 1 fully saturated rings. The molecule has 0 aromatic rings. The highest BCUT2D eigenvalue weighted by molar-refractivity contribution is 4.68. The van der Waals surface area contributed by atoms with Gasteiger partial charge >= 0.3 is 0 Å². The maximum atomic E-state index is 9.57. The summed E-state index contributed by atoms with van der Waals surface area (Å²) in [5, 5.41) is 12.9. The Morgan fingerprint density at radius 1 is 1.29 bits per heavy atom. The first-order valence-corrected chi connectivity index (χ1v) is 6.36. The smallest absolute Gasteiger partial charge is 0.101 e. The highest BCUT2D eigenvalue weighted by Crippen LogP contribution is 2.09. The molecule has 102 valence electrons. The summed E-state index contributed by atoms with van der Waals surface area (Å²) in [6.07, 6.45) is 1.90. The van der Waals surface area contributed by atoms with Gasteiger partial charge in [-0.05, 0) is 25.3 Å². The molecule has 17 heavy (non-hydrogen) atoms. The van der Waals surface area contributed by atoms with Crippen LogP contribution in [0.5, 0.6) is 0 Å². The van der Waals surface area contributed by atoms with Crippen LogP contribution in [0, 0.1) is 5.92 Å². The second kappa shape index (κ2) is 9.79. The predicted molar refractivity (Wildman–Crippen MR) is 65.1 cm³/mol. The number of aliphatic hydroxyl groups excluding tert-OH is 1. The van der Waals surface area contributed by atoms with Gasteiger partial charge in [0, 0.05) is 13.7 Å². The van der Waals surface area contributed by atoms with E-state index in [1.165, 1.54) is 12.8 Å². The van der Waals surface area contributed by atoms with Crippen molar-refractivity contribution in [1.29, 1.82) is 0 Å². The summed E-state index contributed by atoms with van der Waals surface area (Å²) in [7, 11) is 1.63. The lowest BCUT2D eigenvalue weighted by Crippen LogP contribution is -2.33. The molecule has 2 atom stereocenters. The summed E-state index contributed by atoms with van der Waals surface area (Å²) in [6.45, 7) is 4.60. The second-order valence-corrected chi connectivity index (χ2v) is 4.47. The molecule has 1 aliphatic heterocycles. The van der Waals surface area contributed by atoms with Crippen LogP contribution in [-0.2, 0) is 14.2 Å². The minimum Gasteiger partial charge on any atom is -0.388 e. The fourth-order valence-electron chi connectivity index (χ4n) is 1.85. The van der Waals surface area contributed by atoms with E-state index in [9.17, 15) is 5.11 Å². The lowest BCUT2D eigenvalue weighted by atomic mass is 10.0. The van der Waals surface area contributed by atoms with Crippen LogP contribution in [0.2, 0.25) is 0 Å². The number of hydrogen-bond acceptors (Lipinski definition) is 5. The van der Waals surface area contributed by atoms with E-state index in [0.29, 0.717) is 32.3 Å². The van der Waals surface area contributed by atoms with E-state index in [2.05, 4.69) is 5.32 Å². The van der Waals surface area contributed by atoms with Crippen LogP contribution < -0.4 is 5.32 Å². The molecule has 1 heterocycles. The summed E-state index contributed by atoms with van der Waals surface area (Å²) >= 11 is 0. The van der Waals surface area contributed by atoms with E-state index in [1.807, 2.05) is 0 Å². The molecule has 2 unspecified atom stereocenters. The van der Waals surface area contributed by atoms with Gasteiger partial charge in [-0.25, -0.2) is 0 Å². The Hall–Kier alpha value is -0.200. The summed E-state index contributed by atoms with van der Waals surface area (Å²) < 4.78 is 15.5. The maximum absolute atomic E-state index is 9.57. The first kappa shape index (κ1) is 14.9. The number of piperidine rings is 1. The van der Waals surface area contributed by atoms with Crippen molar-refractivity contribution in [2.24, 2.45) is 5.92 Å². The van der Waals surface area contributed by atoms with E-state index in [4.69, 9.17) is 14.2 Å². The number of rotatable bonds is 9. The molecule has 0 radical (unpaired) electrons. The molecule has 5 heteroatoms. The number of methoxy groups -OCH3 is 1. The van der Waals surface area contributed by atoms with Gasteiger partial charge in [-0.15, -0.1) is 0 Å². The van der Waals surface area contributed by atoms with Crippen LogP contribution >= 0.6 is 0 Å². The molecule has 1 aliphatic rings. The van der Waals surface area contributed by atoms with Gasteiger partial charge in [-0.2, -0.15) is 0 Å². The molecule has 0 bridgehead atoms. The lowest BCUT2D eigenvalue weighted by Gasteiger charge is -2.23. The van der Waals surface area contributed by atoms with E-state index < -0.39 is 6.10 Å². The third-order valence-electron chi connectivity index (χ3n) is 2.80. The molecule has 5 nitrogen and oxygen atoms in total. The van der Waals surface area contributed by atoms with Crippen molar-refractivity contribution in [3.05, 3.63) is 0 Å². The molecule has 0 spiro atoms. The zero-order valence-corrected chi connectivity index (χ0v) is 10.7. The molecule has 2 N–H and O–H groups in total. The predicted octanol–water partition coefficient (Wildman–Crippen LogP) is 0.0265. The van der Waals surface area contributed by atoms with E-state index in [0.717, 1.165) is 19.7 Å². The molecular weight excluding hydrogens is 222 g/mol. The topological polar surface area (TPSA) is 60.0 Å². The number of aliphatic hydroxyl groups is 1. The minimum atomic E-state index is -0.539. The van der Waals surface area contributed by atoms with Crippen molar-refractivity contribution >= 4 is 0 Å². The van der Waals surface area contributed by atoms with Gasteiger partial charge in [0.25, 0.3) is 0 Å². The van der Waals surface area contributed by atoms with Gasteiger partial charge < -0.3 is 24.6 Å². The Bertz CT molecular complexity index is 174. The van der Waals surface area contributed by atoms with Crippen LogP contribution in [0.1, 0.15) is 12.8 Å². The largest absolute Gasteiger partial charge is 0.388 e. The first-order valence-electron chi connectivity index (χ1n) is 6.36. The van der Waals surface area contributed by atoms with Crippen molar-refractivity contribution in [2.45, 2.75) is 18.9 Å². The fraction of sp³-hybridized carbons (Fsp3) is 1.00. The van der Waals surface area contributed by atoms with Gasteiger partial charge in [0.2, 0.25) is 0 Å². The third-order valence-corrected chi connectivity index (χ3v) is 2.80. The summed E-state index contributed by atoms with van der Waals surface area (Å²) in [5.41, 5.74) is 0. The van der Waals surface area contributed by atoms with Crippen molar-refractivity contribution < 1.29 is 19.3 Å². The third kappa shape index (κ3) is 7.68. The SMILES string of the molecule is COCCOCC(O)COCC1CCCNC1. The van der Waals surface area contributed by atoms with E-state index in [1.54, 1.807) is 7.11 Å². The Balaban J connectivity index is 1.90. The zero-order valence-electron chi connectivity index (χ0n) is 10.7. The molecule has 0 amide bonds. The van der Waals surface area contributed by atoms with Crippen LogP contribution in [0.3, 0.4) is 0 Å². The molecule has 1 rings (SSSR count). The normalized spacial score (nSPS) is 22.6. The molecule has 0 aromatic heterocycles. The number of nitrogens with one attached hydrogen (secondary N) is 1. The number of hydrogen-bond donors (Lipinski definition) is 2. The summed E-state index contributed by atoms with van der Waals surface area (Å²) in [4.78, 5) is 0. The highest BCUT2D eigenvalue weighted by atomic mass is 16.5. The molecular formula is C12H25NO4. The van der Waals surface area contributed by atoms with Gasteiger partial charge in [-0.3, -0.25) is 0 Å². The lowest BCUT2D eigenvalue weighted by molar-refractivity contribution is -0.0352. The van der Waals surface area contributed by atoms with Crippen LogP contribution in [0.25, 0.3) is 0 Å². The average Bonchev–Trinajstić information content (AvgIpc) is 2.36. The Labute approximate surface area is 103 Å². The van der Waals surface area contributed by atoms with Gasteiger partial charge in [0.05, 0.1) is 33.0 Å². The van der Waals surface area contributed by atoms with Gasteiger partial charge in [0.1, 0.15) is 6.10 Å². The van der Waals surface area contributed by atoms with Crippen molar-refractivity contribution in [3.63, 3.8) is 0 Å². The average molecular weight is 247 g/mol. The number of ether oxygens (including phenoxy) is 3. The zero-order chi connectivity index (χ0) is 12.3. The minimum absolute atomic E-state index is 0.312. The van der Waals surface area contributed by atoms with Crippen molar-refractivity contribution in [3.8, 4) is 0 Å². The standard InChI is InChI=1S/C12H25NO4/c1-15-5-6-16-9-12(14)10-17-8-11-3-2-4-13-7-11/h11-14H,2-10H2,1H3. The highest BCUT2D eigenvalue weighted by Gasteiger charge is 2.13. The fourth-order valence-corrected chi connectivity index (χ4v) is 1.85. The quantitative estimate of drug-likeness (QED) is 0.563. The Morgan fingerprint density at radius 3 is 2.82 bits per heavy atom. The monoisotopic (exact) mass is 247 g/mol. The molecule has 0 aromatic carbocycles. The Morgan fingerprint density at radius 2 is 2.12 bits per heavy atom. The van der Waals surface area contributed by atoms with Crippen molar-refractivity contribution in [1.82, 2.24) is 5.32 Å². The summed E-state index contributed by atoms with van der Waals surface area (Å²) in [5.74, 6) is 0.588. The Kier molecular flexibility index (Phi) is 8.56. The molecule has 0 saturated carbocycles. The summed E-state index contributed by atoms with van der Waals surface area (Å²) in [6, 6.07) is 0. The second-order valence-electron chi connectivity index (χ2n) is 4.47. The van der Waals surface area contributed by atoms with Gasteiger partial charge in [0.15, 0.2) is 0 Å². The van der Waals surface area contributed by atoms with Gasteiger partial charge in [-0.1, -0.05) is 0 Å². The van der Waals surface area contributed by atoms with Crippen LogP contribution in [0.4, 0.5) is 0 Å². The van der Waals surface area contributed by atoms with E-state index >= 15 is 0 Å². The molecule has 1 saturated heterocycles. The maximum Gasteiger partial charge on any atom is 0.101 e. The van der Waals surface area contributed by atoms with Crippen LogP contribution in [0.15, 0.2) is 0 Å².